The summed E-state index contributed by atoms with van der Waals surface area (Å²) in [6.45, 7) is 2.64. The first-order chi connectivity index (χ1) is 14.1. The Hall–Kier alpha value is -3.08. The molecule has 5 nitrogen and oxygen atoms in total. The number of carbonyl (C=O) groups excluding carboxylic acids is 2. The van der Waals surface area contributed by atoms with Crippen molar-refractivity contribution < 1.29 is 19.1 Å². The average molecular weight is 393 g/mol. The van der Waals surface area contributed by atoms with Crippen LogP contribution < -0.4 is 4.74 Å². The molecule has 2 aromatic carbocycles. The molecule has 0 saturated carbocycles. The van der Waals surface area contributed by atoms with E-state index in [1.54, 1.807) is 18.1 Å². The molecule has 0 N–H and O–H groups in total. The predicted molar refractivity (Wildman–Crippen MR) is 112 cm³/mol. The van der Waals surface area contributed by atoms with Crippen LogP contribution in [-0.4, -0.2) is 30.4 Å². The summed E-state index contributed by atoms with van der Waals surface area (Å²) in [7, 11) is 1.65. The second-order valence-corrected chi connectivity index (χ2v) is 7.02. The standard InChI is InChI=1S/C24H27NO4/c1-3-20(26)10-7-11-23-22-13-12-21(28-2)16-19(22)14-15-25(23)24(27)29-17-18-8-5-4-6-9-18/h4-10,12-13,16,23H,3,11,14-15,17H2,1-2H3/b10-7+. The zero-order valence-electron chi connectivity index (χ0n) is 17.0. The van der Waals surface area contributed by atoms with Crippen molar-refractivity contribution in [2.45, 2.75) is 38.8 Å². The molecule has 1 atom stereocenters. The first-order valence-corrected chi connectivity index (χ1v) is 9.96. The number of ketones is 1. The fourth-order valence-corrected chi connectivity index (χ4v) is 3.54. The van der Waals surface area contributed by atoms with Crippen molar-refractivity contribution in [2.75, 3.05) is 13.7 Å². The summed E-state index contributed by atoms with van der Waals surface area (Å²) >= 11 is 0. The SMILES string of the molecule is CCC(=O)/C=C/CC1c2ccc(OC)cc2CCN1C(=O)OCc1ccccc1. The Labute approximate surface area is 171 Å². The van der Waals surface area contributed by atoms with E-state index in [-0.39, 0.29) is 24.5 Å². The number of allylic oxidation sites excluding steroid dienone is 1. The second kappa shape index (κ2) is 9.92. The van der Waals surface area contributed by atoms with Crippen LogP contribution in [0.2, 0.25) is 0 Å². The van der Waals surface area contributed by atoms with Crippen molar-refractivity contribution in [3.63, 3.8) is 0 Å². The van der Waals surface area contributed by atoms with Crippen LogP contribution in [0.25, 0.3) is 0 Å². The topological polar surface area (TPSA) is 55.8 Å². The van der Waals surface area contributed by atoms with E-state index in [2.05, 4.69) is 0 Å². The molecule has 0 spiro atoms. The molecule has 1 unspecified atom stereocenters. The summed E-state index contributed by atoms with van der Waals surface area (Å²) in [4.78, 5) is 26.3. The number of ether oxygens (including phenoxy) is 2. The molecule has 0 radical (unpaired) electrons. The van der Waals surface area contributed by atoms with Gasteiger partial charge in [0.15, 0.2) is 5.78 Å². The quantitative estimate of drug-likeness (QED) is 0.631. The van der Waals surface area contributed by atoms with Crippen LogP contribution >= 0.6 is 0 Å². The van der Waals surface area contributed by atoms with Crippen molar-refractivity contribution in [3.8, 4) is 5.75 Å². The maximum Gasteiger partial charge on any atom is 0.410 e. The molecule has 5 heteroatoms. The second-order valence-electron chi connectivity index (χ2n) is 7.02. The van der Waals surface area contributed by atoms with Crippen LogP contribution in [0.3, 0.4) is 0 Å². The highest BCUT2D eigenvalue weighted by Gasteiger charge is 2.31. The average Bonchev–Trinajstić information content (AvgIpc) is 2.77. The van der Waals surface area contributed by atoms with Crippen LogP contribution in [0.4, 0.5) is 4.79 Å². The third-order valence-electron chi connectivity index (χ3n) is 5.16. The summed E-state index contributed by atoms with van der Waals surface area (Å²) in [5, 5.41) is 0. The van der Waals surface area contributed by atoms with E-state index in [1.165, 1.54) is 0 Å². The number of fused-ring (bicyclic) bond motifs is 1. The van der Waals surface area contributed by atoms with Gasteiger partial charge >= 0.3 is 6.09 Å². The molecule has 1 amide bonds. The Morgan fingerprint density at radius 2 is 1.97 bits per heavy atom. The lowest BCUT2D eigenvalue weighted by Crippen LogP contribution is -2.40. The summed E-state index contributed by atoms with van der Waals surface area (Å²) in [5.41, 5.74) is 3.19. The Morgan fingerprint density at radius 3 is 2.69 bits per heavy atom. The molecule has 1 aliphatic heterocycles. The zero-order valence-corrected chi connectivity index (χ0v) is 17.0. The van der Waals surface area contributed by atoms with Gasteiger partial charge in [0, 0.05) is 13.0 Å². The van der Waals surface area contributed by atoms with E-state index in [4.69, 9.17) is 9.47 Å². The van der Waals surface area contributed by atoms with Crippen molar-refractivity contribution in [1.82, 2.24) is 4.90 Å². The van der Waals surface area contributed by atoms with Crippen molar-refractivity contribution in [3.05, 3.63) is 77.4 Å². The van der Waals surface area contributed by atoms with Crippen LogP contribution in [0.1, 0.15) is 42.5 Å². The molecular weight excluding hydrogens is 366 g/mol. The number of hydrogen-bond donors (Lipinski definition) is 0. The number of methoxy groups -OCH3 is 1. The number of rotatable bonds is 7. The van der Waals surface area contributed by atoms with E-state index in [0.29, 0.717) is 19.4 Å². The molecule has 1 aliphatic rings. The smallest absolute Gasteiger partial charge is 0.410 e. The lowest BCUT2D eigenvalue weighted by molar-refractivity contribution is -0.114. The van der Waals surface area contributed by atoms with Gasteiger partial charge in [0.2, 0.25) is 0 Å². The van der Waals surface area contributed by atoms with Crippen LogP contribution in [0.5, 0.6) is 5.75 Å². The summed E-state index contributed by atoms with van der Waals surface area (Å²) in [6, 6.07) is 15.4. The Balaban J connectivity index is 1.78. The van der Waals surface area contributed by atoms with Gasteiger partial charge in [0.1, 0.15) is 12.4 Å². The lowest BCUT2D eigenvalue weighted by Gasteiger charge is -2.36. The molecule has 29 heavy (non-hydrogen) atoms. The molecule has 0 saturated heterocycles. The van der Waals surface area contributed by atoms with Crippen LogP contribution in [0.15, 0.2) is 60.7 Å². The van der Waals surface area contributed by atoms with E-state index >= 15 is 0 Å². The highest BCUT2D eigenvalue weighted by molar-refractivity contribution is 5.89. The first kappa shape index (κ1) is 20.6. The molecule has 2 aromatic rings. The van der Waals surface area contributed by atoms with Gasteiger partial charge in [-0.25, -0.2) is 4.79 Å². The maximum absolute atomic E-state index is 12.9. The predicted octanol–water partition coefficient (Wildman–Crippen LogP) is 4.86. The zero-order chi connectivity index (χ0) is 20.6. The van der Waals surface area contributed by atoms with Crippen molar-refractivity contribution in [2.24, 2.45) is 0 Å². The van der Waals surface area contributed by atoms with Crippen molar-refractivity contribution >= 4 is 11.9 Å². The first-order valence-electron chi connectivity index (χ1n) is 9.96. The molecule has 3 rings (SSSR count). The van der Waals surface area contributed by atoms with E-state index in [0.717, 1.165) is 28.9 Å². The highest BCUT2D eigenvalue weighted by Crippen LogP contribution is 2.35. The van der Waals surface area contributed by atoms with Crippen molar-refractivity contribution in [1.29, 1.82) is 0 Å². The van der Waals surface area contributed by atoms with Crippen LogP contribution in [0, 0.1) is 0 Å². The van der Waals surface area contributed by atoms with Gasteiger partial charge in [-0.05, 0) is 47.7 Å². The number of nitrogens with zero attached hydrogens (tertiary/aromatic N) is 1. The molecule has 0 bridgehead atoms. The number of carbonyl (C=O) groups is 2. The summed E-state index contributed by atoms with van der Waals surface area (Å²) in [5.74, 6) is 0.883. The van der Waals surface area contributed by atoms with Gasteiger partial charge in [-0.1, -0.05) is 49.4 Å². The minimum absolute atomic E-state index is 0.0777. The third kappa shape index (κ3) is 5.25. The van der Waals surface area contributed by atoms with Gasteiger partial charge in [-0.2, -0.15) is 0 Å². The lowest BCUT2D eigenvalue weighted by atomic mass is 9.90. The highest BCUT2D eigenvalue weighted by atomic mass is 16.6. The largest absolute Gasteiger partial charge is 0.497 e. The summed E-state index contributed by atoms with van der Waals surface area (Å²) in [6.07, 6.45) is 4.89. The van der Waals surface area contributed by atoms with Crippen LogP contribution in [-0.2, 0) is 22.6 Å². The fourth-order valence-electron chi connectivity index (χ4n) is 3.54. The Bertz CT molecular complexity index is 876. The molecule has 152 valence electrons. The van der Waals surface area contributed by atoms with E-state index in [1.807, 2.05) is 61.5 Å². The molecule has 1 heterocycles. The van der Waals surface area contributed by atoms with Gasteiger partial charge in [0.05, 0.1) is 13.2 Å². The Morgan fingerprint density at radius 1 is 1.17 bits per heavy atom. The van der Waals surface area contributed by atoms with Gasteiger partial charge < -0.3 is 14.4 Å². The third-order valence-corrected chi connectivity index (χ3v) is 5.16. The molecule has 0 fully saturated rings. The van der Waals surface area contributed by atoms with E-state index in [9.17, 15) is 9.59 Å². The van der Waals surface area contributed by atoms with Gasteiger partial charge in [-0.15, -0.1) is 0 Å². The van der Waals surface area contributed by atoms with Gasteiger partial charge in [-0.3, -0.25) is 4.79 Å². The molecule has 0 aliphatic carbocycles. The Kier molecular flexibility index (Phi) is 7.06. The fraction of sp³-hybridized carbons (Fsp3) is 0.333. The number of amides is 1. The minimum Gasteiger partial charge on any atom is -0.497 e. The maximum atomic E-state index is 12.9. The summed E-state index contributed by atoms with van der Waals surface area (Å²) < 4.78 is 10.9. The normalized spacial score (nSPS) is 15.8. The monoisotopic (exact) mass is 393 g/mol. The number of benzene rings is 2. The molecular formula is C24H27NO4. The number of hydrogen-bond acceptors (Lipinski definition) is 4. The van der Waals surface area contributed by atoms with Gasteiger partial charge in [0.25, 0.3) is 0 Å². The molecule has 0 aromatic heterocycles. The van der Waals surface area contributed by atoms with E-state index < -0.39 is 0 Å². The minimum atomic E-state index is -0.337.